The number of hydrogen-bond donors (Lipinski definition) is 1. The first-order chi connectivity index (χ1) is 11.6. The number of benzene rings is 2. The van der Waals surface area contributed by atoms with Crippen molar-refractivity contribution in [2.24, 2.45) is 0 Å². The summed E-state index contributed by atoms with van der Waals surface area (Å²) in [7, 11) is 0. The number of anilines is 1. The Kier molecular flexibility index (Phi) is 5.23. The molecular weight excluding hydrogens is 347 g/mol. The lowest BCUT2D eigenvalue weighted by Crippen LogP contribution is -2.15. The van der Waals surface area contributed by atoms with E-state index in [-0.39, 0.29) is 22.9 Å². The highest BCUT2D eigenvalue weighted by Gasteiger charge is 2.13. The summed E-state index contributed by atoms with van der Waals surface area (Å²) in [5, 5.41) is 3.44. The fourth-order valence-electron chi connectivity index (χ4n) is 2.27. The number of thiazole rings is 1. The van der Waals surface area contributed by atoms with E-state index in [1.54, 1.807) is 12.3 Å². The molecule has 2 aromatic carbocycles. The zero-order valence-corrected chi connectivity index (χ0v) is 14.2. The topological polar surface area (TPSA) is 42.0 Å². The Labute approximate surface area is 148 Å². The van der Waals surface area contributed by atoms with Crippen LogP contribution in [0.1, 0.15) is 16.0 Å². The Hall–Kier alpha value is -2.24. The molecule has 1 aromatic heterocycles. The lowest BCUT2D eigenvalue weighted by atomic mass is 10.1. The van der Waals surface area contributed by atoms with E-state index >= 15 is 0 Å². The average molecular weight is 361 g/mol. The van der Waals surface area contributed by atoms with E-state index in [1.165, 1.54) is 29.0 Å². The molecule has 0 fully saturated rings. The van der Waals surface area contributed by atoms with Crippen molar-refractivity contribution >= 4 is 34.0 Å². The number of hydrogen-bond acceptors (Lipinski definition) is 3. The Morgan fingerprint density at radius 3 is 2.71 bits per heavy atom. The van der Waals surface area contributed by atoms with Crippen molar-refractivity contribution in [3.05, 3.63) is 81.6 Å². The first kappa shape index (κ1) is 16.6. The van der Waals surface area contributed by atoms with Gasteiger partial charge in [0.05, 0.1) is 6.42 Å². The van der Waals surface area contributed by atoms with Gasteiger partial charge in [0.15, 0.2) is 5.13 Å². The normalized spacial score (nSPS) is 10.6. The van der Waals surface area contributed by atoms with Crippen LogP contribution in [0.25, 0.3) is 0 Å². The average Bonchev–Trinajstić information content (AvgIpc) is 2.99. The second kappa shape index (κ2) is 7.55. The van der Waals surface area contributed by atoms with Gasteiger partial charge in [-0.25, -0.2) is 9.37 Å². The van der Waals surface area contributed by atoms with Crippen molar-refractivity contribution in [2.75, 3.05) is 5.32 Å². The minimum absolute atomic E-state index is 0.126. The fourth-order valence-corrected chi connectivity index (χ4v) is 3.36. The van der Waals surface area contributed by atoms with Crippen LogP contribution in [0.5, 0.6) is 0 Å². The summed E-state index contributed by atoms with van der Waals surface area (Å²) in [6.45, 7) is 0. The molecule has 0 aliphatic heterocycles. The summed E-state index contributed by atoms with van der Waals surface area (Å²) in [6.07, 6.45) is 2.37. The van der Waals surface area contributed by atoms with Crippen LogP contribution >= 0.6 is 22.9 Å². The van der Waals surface area contributed by atoms with Gasteiger partial charge in [-0.3, -0.25) is 4.79 Å². The van der Waals surface area contributed by atoms with Gasteiger partial charge in [-0.15, -0.1) is 11.3 Å². The number of carbonyl (C=O) groups is 1. The summed E-state index contributed by atoms with van der Waals surface area (Å²) in [5.41, 5.74) is 1.37. The molecule has 0 aliphatic carbocycles. The van der Waals surface area contributed by atoms with Crippen LogP contribution in [0.2, 0.25) is 5.02 Å². The molecule has 3 nitrogen and oxygen atoms in total. The molecule has 0 spiro atoms. The smallest absolute Gasteiger partial charge is 0.230 e. The van der Waals surface area contributed by atoms with Crippen LogP contribution in [0.15, 0.2) is 54.7 Å². The summed E-state index contributed by atoms with van der Waals surface area (Å²) in [4.78, 5) is 17.3. The molecule has 3 rings (SSSR count). The first-order valence-electron chi connectivity index (χ1n) is 7.33. The quantitative estimate of drug-likeness (QED) is 0.716. The SMILES string of the molecule is O=C(Cc1c(F)cccc1Cl)Nc1ncc(Cc2ccccc2)s1. The Bertz CT molecular complexity index is 831. The molecular formula is C18H14ClFN2OS. The molecule has 24 heavy (non-hydrogen) atoms. The van der Waals surface area contributed by atoms with Gasteiger partial charge in [-0.05, 0) is 17.7 Å². The predicted molar refractivity (Wildman–Crippen MR) is 95.1 cm³/mol. The summed E-state index contributed by atoms with van der Waals surface area (Å²) in [6, 6.07) is 14.4. The van der Waals surface area contributed by atoms with Crippen molar-refractivity contribution < 1.29 is 9.18 Å². The summed E-state index contributed by atoms with van der Waals surface area (Å²) in [5.74, 6) is -0.829. The molecule has 6 heteroatoms. The molecule has 0 aliphatic rings. The van der Waals surface area contributed by atoms with Gasteiger partial charge >= 0.3 is 0 Å². The van der Waals surface area contributed by atoms with Crippen LogP contribution in [0, 0.1) is 5.82 Å². The van der Waals surface area contributed by atoms with E-state index in [2.05, 4.69) is 10.3 Å². The van der Waals surface area contributed by atoms with Gasteiger partial charge in [0.2, 0.25) is 5.91 Å². The lowest BCUT2D eigenvalue weighted by Gasteiger charge is -2.05. The molecule has 0 radical (unpaired) electrons. The highest BCUT2D eigenvalue weighted by atomic mass is 35.5. The van der Waals surface area contributed by atoms with E-state index in [1.807, 2.05) is 30.3 Å². The predicted octanol–water partition coefficient (Wildman–Crippen LogP) is 4.71. The third kappa shape index (κ3) is 4.19. The fraction of sp³-hybridized carbons (Fsp3) is 0.111. The van der Waals surface area contributed by atoms with Gasteiger partial charge < -0.3 is 5.32 Å². The second-order valence-corrected chi connectivity index (χ2v) is 6.74. The number of carbonyl (C=O) groups excluding carboxylic acids is 1. The second-order valence-electron chi connectivity index (χ2n) is 5.22. The first-order valence-corrected chi connectivity index (χ1v) is 8.52. The van der Waals surface area contributed by atoms with Crippen molar-refractivity contribution in [1.82, 2.24) is 4.98 Å². The maximum Gasteiger partial charge on any atom is 0.230 e. The van der Waals surface area contributed by atoms with Crippen molar-refractivity contribution in [3.63, 3.8) is 0 Å². The maximum atomic E-state index is 13.7. The van der Waals surface area contributed by atoms with E-state index in [0.29, 0.717) is 5.13 Å². The number of aromatic nitrogens is 1. The molecule has 0 bridgehead atoms. The van der Waals surface area contributed by atoms with Crippen LogP contribution < -0.4 is 5.32 Å². The molecule has 0 atom stereocenters. The standard InChI is InChI=1S/C18H14ClFN2OS/c19-15-7-4-8-16(20)14(15)10-17(23)22-18-21-11-13(24-18)9-12-5-2-1-3-6-12/h1-8,11H,9-10H2,(H,21,22,23). The van der Waals surface area contributed by atoms with E-state index < -0.39 is 5.82 Å². The minimum atomic E-state index is -0.485. The van der Waals surface area contributed by atoms with Gasteiger partial charge in [-0.1, -0.05) is 48.0 Å². The molecule has 1 N–H and O–H groups in total. The molecule has 0 unspecified atom stereocenters. The van der Waals surface area contributed by atoms with E-state index in [4.69, 9.17) is 11.6 Å². The molecule has 122 valence electrons. The summed E-state index contributed by atoms with van der Waals surface area (Å²) < 4.78 is 13.7. The summed E-state index contributed by atoms with van der Waals surface area (Å²) >= 11 is 7.34. The number of nitrogens with one attached hydrogen (secondary N) is 1. The van der Waals surface area contributed by atoms with Crippen molar-refractivity contribution in [1.29, 1.82) is 0 Å². The molecule has 0 saturated carbocycles. The monoisotopic (exact) mass is 360 g/mol. The van der Waals surface area contributed by atoms with E-state index in [0.717, 1.165) is 11.3 Å². The highest BCUT2D eigenvalue weighted by Crippen LogP contribution is 2.23. The van der Waals surface area contributed by atoms with E-state index in [9.17, 15) is 9.18 Å². The molecule has 1 heterocycles. The maximum absolute atomic E-state index is 13.7. The van der Waals surface area contributed by atoms with Crippen LogP contribution in [-0.2, 0) is 17.6 Å². The third-order valence-electron chi connectivity index (χ3n) is 3.42. The van der Waals surface area contributed by atoms with Crippen LogP contribution in [-0.4, -0.2) is 10.9 Å². The van der Waals surface area contributed by atoms with Crippen LogP contribution in [0.4, 0.5) is 9.52 Å². The van der Waals surface area contributed by atoms with Gasteiger partial charge in [-0.2, -0.15) is 0 Å². The Morgan fingerprint density at radius 2 is 1.96 bits per heavy atom. The third-order valence-corrected chi connectivity index (χ3v) is 4.69. The zero-order chi connectivity index (χ0) is 16.9. The number of rotatable bonds is 5. The van der Waals surface area contributed by atoms with Crippen molar-refractivity contribution in [3.8, 4) is 0 Å². The zero-order valence-electron chi connectivity index (χ0n) is 12.6. The lowest BCUT2D eigenvalue weighted by molar-refractivity contribution is -0.115. The highest BCUT2D eigenvalue weighted by molar-refractivity contribution is 7.15. The van der Waals surface area contributed by atoms with Gasteiger partial charge in [0.25, 0.3) is 0 Å². The van der Waals surface area contributed by atoms with Gasteiger partial charge in [0, 0.05) is 28.1 Å². The molecule has 1 amide bonds. The minimum Gasteiger partial charge on any atom is -0.302 e. The Morgan fingerprint density at radius 1 is 1.17 bits per heavy atom. The largest absolute Gasteiger partial charge is 0.302 e. The molecule has 0 saturated heterocycles. The van der Waals surface area contributed by atoms with Crippen molar-refractivity contribution in [2.45, 2.75) is 12.8 Å². The number of halogens is 2. The number of amides is 1. The van der Waals surface area contributed by atoms with Crippen LogP contribution in [0.3, 0.4) is 0 Å². The molecule has 3 aromatic rings. The Balaban J connectivity index is 1.63. The number of nitrogens with zero attached hydrogens (tertiary/aromatic N) is 1. The van der Waals surface area contributed by atoms with Gasteiger partial charge in [0.1, 0.15) is 5.82 Å².